The van der Waals surface area contributed by atoms with Crippen molar-refractivity contribution in [3.8, 4) is 0 Å². The van der Waals surface area contributed by atoms with Crippen LogP contribution in [0.3, 0.4) is 0 Å². The Bertz CT molecular complexity index is 594. The van der Waals surface area contributed by atoms with Crippen LogP contribution in [-0.4, -0.2) is 6.04 Å². The Labute approximate surface area is 126 Å². The second-order valence-corrected chi connectivity index (χ2v) is 6.15. The van der Waals surface area contributed by atoms with E-state index in [1.807, 2.05) is 0 Å². The van der Waals surface area contributed by atoms with Crippen LogP contribution in [0.1, 0.15) is 12.5 Å². The van der Waals surface area contributed by atoms with Crippen molar-refractivity contribution in [3.05, 3.63) is 58.6 Å². The molecule has 1 unspecified atom stereocenters. The maximum atomic E-state index is 14.0. The first kappa shape index (κ1) is 15.3. The van der Waals surface area contributed by atoms with Crippen molar-refractivity contribution >= 4 is 23.4 Å². The Hall–Kier alpha value is -1.10. The van der Waals surface area contributed by atoms with Gasteiger partial charge in [-0.25, -0.2) is 8.78 Å². The number of halogens is 3. The molecule has 0 saturated heterocycles. The highest BCUT2D eigenvalue weighted by Gasteiger charge is 2.13. The van der Waals surface area contributed by atoms with Gasteiger partial charge in [-0.05, 0) is 49.2 Å². The van der Waals surface area contributed by atoms with Gasteiger partial charge in [0, 0.05) is 16.0 Å². The van der Waals surface area contributed by atoms with Crippen molar-refractivity contribution in [1.82, 2.24) is 0 Å². The molecule has 2 N–H and O–H groups in total. The minimum Gasteiger partial charge on any atom is -0.328 e. The van der Waals surface area contributed by atoms with Crippen molar-refractivity contribution in [3.63, 3.8) is 0 Å². The molecule has 0 radical (unpaired) electrons. The molecule has 2 aromatic rings. The molecule has 0 aromatic heterocycles. The largest absolute Gasteiger partial charge is 0.328 e. The van der Waals surface area contributed by atoms with Crippen LogP contribution in [0.4, 0.5) is 8.78 Å². The van der Waals surface area contributed by atoms with Crippen molar-refractivity contribution in [2.45, 2.75) is 29.2 Å². The highest BCUT2D eigenvalue weighted by Crippen LogP contribution is 2.33. The van der Waals surface area contributed by atoms with Crippen molar-refractivity contribution in [1.29, 1.82) is 0 Å². The van der Waals surface area contributed by atoms with Gasteiger partial charge >= 0.3 is 0 Å². The Morgan fingerprint density at radius 1 is 1.20 bits per heavy atom. The van der Waals surface area contributed by atoms with Crippen LogP contribution in [0.25, 0.3) is 0 Å². The van der Waals surface area contributed by atoms with Crippen molar-refractivity contribution in [2.24, 2.45) is 5.73 Å². The van der Waals surface area contributed by atoms with Crippen LogP contribution in [0.5, 0.6) is 0 Å². The van der Waals surface area contributed by atoms with Gasteiger partial charge in [0.15, 0.2) is 0 Å². The van der Waals surface area contributed by atoms with Gasteiger partial charge in [-0.1, -0.05) is 29.4 Å². The summed E-state index contributed by atoms with van der Waals surface area (Å²) in [5.41, 5.74) is 6.20. The Kier molecular flexibility index (Phi) is 5.02. The van der Waals surface area contributed by atoms with E-state index in [-0.39, 0.29) is 10.9 Å². The third kappa shape index (κ3) is 3.95. The molecule has 0 aliphatic carbocycles. The molecule has 0 aliphatic heterocycles. The topological polar surface area (TPSA) is 26.0 Å². The molecular weight excluding hydrogens is 300 g/mol. The lowest BCUT2D eigenvalue weighted by molar-refractivity contribution is 0.535. The average molecular weight is 314 g/mol. The summed E-state index contributed by atoms with van der Waals surface area (Å²) in [6, 6.07) is 9.40. The van der Waals surface area contributed by atoms with E-state index >= 15 is 0 Å². The molecule has 106 valence electrons. The third-order valence-corrected chi connectivity index (χ3v) is 3.95. The summed E-state index contributed by atoms with van der Waals surface area (Å²) in [6.07, 6.45) is 0.440. The first-order valence-corrected chi connectivity index (χ1v) is 7.32. The van der Waals surface area contributed by atoms with E-state index in [0.29, 0.717) is 21.9 Å². The van der Waals surface area contributed by atoms with E-state index in [4.69, 9.17) is 17.3 Å². The summed E-state index contributed by atoms with van der Waals surface area (Å²) in [6.45, 7) is 1.80. The number of hydrogen-bond donors (Lipinski definition) is 1. The van der Waals surface area contributed by atoms with Gasteiger partial charge in [0.05, 0.1) is 4.90 Å². The van der Waals surface area contributed by atoms with Gasteiger partial charge in [0.1, 0.15) is 11.6 Å². The van der Waals surface area contributed by atoms with Gasteiger partial charge in [-0.15, -0.1) is 0 Å². The van der Waals surface area contributed by atoms with Crippen molar-refractivity contribution in [2.75, 3.05) is 0 Å². The maximum absolute atomic E-state index is 14.0. The lowest BCUT2D eigenvalue weighted by Gasteiger charge is -2.10. The molecule has 0 spiro atoms. The van der Waals surface area contributed by atoms with Crippen LogP contribution in [0.15, 0.2) is 46.2 Å². The third-order valence-electron chi connectivity index (χ3n) is 2.63. The van der Waals surface area contributed by atoms with Gasteiger partial charge in [0.2, 0.25) is 0 Å². The zero-order chi connectivity index (χ0) is 14.7. The quantitative estimate of drug-likeness (QED) is 0.888. The SMILES string of the molecule is CC(N)Cc1cc(F)c(Sc2cccc(Cl)c2)c(F)c1. The summed E-state index contributed by atoms with van der Waals surface area (Å²) in [4.78, 5) is 0.663. The first-order valence-electron chi connectivity index (χ1n) is 6.12. The number of benzene rings is 2. The highest BCUT2D eigenvalue weighted by atomic mass is 35.5. The summed E-state index contributed by atoms with van der Waals surface area (Å²) < 4.78 is 28.0. The second kappa shape index (κ2) is 6.57. The van der Waals surface area contributed by atoms with E-state index in [9.17, 15) is 8.78 Å². The molecule has 0 fully saturated rings. The standard InChI is InChI=1S/C15H14ClF2NS/c1-9(19)5-10-6-13(17)15(14(18)7-10)20-12-4-2-3-11(16)8-12/h2-4,6-9H,5,19H2,1H3. The van der Waals surface area contributed by atoms with E-state index in [0.717, 1.165) is 11.8 Å². The van der Waals surface area contributed by atoms with Crippen LogP contribution in [-0.2, 0) is 6.42 Å². The molecule has 20 heavy (non-hydrogen) atoms. The summed E-state index contributed by atoms with van der Waals surface area (Å²) >= 11 is 6.88. The maximum Gasteiger partial charge on any atom is 0.140 e. The molecule has 2 rings (SSSR count). The molecule has 0 aliphatic rings. The fraction of sp³-hybridized carbons (Fsp3) is 0.200. The van der Waals surface area contributed by atoms with Gasteiger partial charge < -0.3 is 5.73 Å². The molecule has 0 bridgehead atoms. The Balaban J connectivity index is 2.28. The minimum absolute atomic E-state index is 0.0271. The monoisotopic (exact) mass is 313 g/mol. The Morgan fingerprint density at radius 2 is 1.85 bits per heavy atom. The van der Waals surface area contributed by atoms with E-state index < -0.39 is 11.6 Å². The smallest absolute Gasteiger partial charge is 0.140 e. The van der Waals surface area contributed by atoms with Crippen LogP contribution in [0, 0.1) is 11.6 Å². The molecule has 0 heterocycles. The molecule has 1 atom stereocenters. The van der Waals surface area contributed by atoms with E-state index in [1.54, 1.807) is 31.2 Å². The summed E-state index contributed by atoms with van der Waals surface area (Å²) in [5, 5.41) is 0.532. The van der Waals surface area contributed by atoms with E-state index in [1.165, 1.54) is 12.1 Å². The summed E-state index contributed by atoms with van der Waals surface area (Å²) in [5.74, 6) is -1.16. The lowest BCUT2D eigenvalue weighted by Crippen LogP contribution is -2.18. The van der Waals surface area contributed by atoms with Gasteiger partial charge in [-0.3, -0.25) is 0 Å². The lowest BCUT2D eigenvalue weighted by atomic mass is 10.1. The van der Waals surface area contributed by atoms with Crippen LogP contribution < -0.4 is 5.73 Å². The fourth-order valence-corrected chi connectivity index (χ4v) is 2.98. The summed E-state index contributed by atoms with van der Waals surface area (Å²) in [7, 11) is 0. The molecule has 0 amide bonds. The second-order valence-electron chi connectivity index (χ2n) is 4.63. The molecule has 1 nitrogen and oxygen atoms in total. The number of hydrogen-bond acceptors (Lipinski definition) is 2. The molecule has 0 saturated carbocycles. The van der Waals surface area contributed by atoms with Crippen LogP contribution in [0.2, 0.25) is 5.02 Å². The normalized spacial score (nSPS) is 12.4. The Morgan fingerprint density at radius 3 is 2.40 bits per heavy atom. The van der Waals surface area contributed by atoms with Crippen molar-refractivity contribution < 1.29 is 8.78 Å². The highest BCUT2D eigenvalue weighted by molar-refractivity contribution is 7.99. The van der Waals surface area contributed by atoms with Crippen LogP contribution >= 0.6 is 23.4 Å². The predicted octanol–water partition coefficient (Wildman–Crippen LogP) is 4.66. The average Bonchev–Trinajstić information content (AvgIpc) is 2.33. The predicted molar refractivity (Wildman–Crippen MR) is 79.3 cm³/mol. The van der Waals surface area contributed by atoms with E-state index in [2.05, 4.69) is 0 Å². The molecule has 5 heteroatoms. The van der Waals surface area contributed by atoms with Gasteiger partial charge in [-0.2, -0.15) is 0 Å². The number of nitrogens with two attached hydrogens (primary N) is 1. The minimum atomic E-state index is -0.578. The number of rotatable bonds is 4. The zero-order valence-corrected chi connectivity index (χ0v) is 12.4. The molecular formula is C15H14ClF2NS. The van der Waals surface area contributed by atoms with Gasteiger partial charge in [0.25, 0.3) is 0 Å². The first-order chi connectivity index (χ1) is 9.45. The zero-order valence-electron chi connectivity index (χ0n) is 10.9. The molecule has 2 aromatic carbocycles. The fourth-order valence-electron chi connectivity index (χ4n) is 1.85.